The second-order valence-corrected chi connectivity index (χ2v) is 4.96. The Labute approximate surface area is 126 Å². The van der Waals surface area contributed by atoms with Crippen LogP contribution in [0, 0.1) is 12.7 Å². The van der Waals surface area contributed by atoms with Crippen LogP contribution in [-0.4, -0.2) is 20.9 Å². The summed E-state index contributed by atoms with van der Waals surface area (Å²) < 4.78 is 15.2. The molecule has 0 bridgehead atoms. The summed E-state index contributed by atoms with van der Waals surface area (Å²) in [6.45, 7) is 1.70. The molecule has 4 nitrogen and oxygen atoms in total. The van der Waals surface area contributed by atoms with E-state index in [0.29, 0.717) is 22.5 Å². The van der Waals surface area contributed by atoms with Crippen LogP contribution in [0.25, 0.3) is 16.9 Å². The van der Waals surface area contributed by atoms with Crippen LogP contribution in [0.5, 0.6) is 0 Å². The first-order valence-electron chi connectivity index (χ1n) is 6.70. The quantitative estimate of drug-likeness (QED) is 0.802. The number of carbonyl (C=O) groups is 1. The molecule has 0 amide bonds. The lowest BCUT2D eigenvalue weighted by molar-refractivity contribution is 0.0697. The van der Waals surface area contributed by atoms with Gasteiger partial charge in [0.1, 0.15) is 5.82 Å². The number of aromatic nitrogens is 2. The second-order valence-electron chi connectivity index (χ2n) is 4.96. The van der Waals surface area contributed by atoms with Crippen LogP contribution in [0.1, 0.15) is 15.9 Å². The van der Waals surface area contributed by atoms with Crippen LogP contribution >= 0.6 is 0 Å². The van der Waals surface area contributed by atoms with Gasteiger partial charge < -0.3 is 5.11 Å². The third-order valence-electron chi connectivity index (χ3n) is 3.41. The highest BCUT2D eigenvalue weighted by atomic mass is 19.1. The van der Waals surface area contributed by atoms with Crippen molar-refractivity contribution in [1.82, 2.24) is 9.78 Å². The Morgan fingerprint density at radius 2 is 2.00 bits per heavy atom. The molecule has 110 valence electrons. The van der Waals surface area contributed by atoms with Gasteiger partial charge in [-0.3, -0.25) is 0 Å². The Balaban J connectivity index is 1.98. The van der Waals surface area contributed by atoms with Gasteiger partial charge in [-0.1, -0.05) is 18.2 Å². The molecule has 0 atom stereocenters. The number of rotatable bonds is 3. The van der Waals surface area contributed by atoms with Crippen LogP contribution in [0.15, 0.2) is 54.7 Å². The fraction of sp³-hybridized carbons (Fsp3) is 0.0588. The third-order valence-corrected chi connectivity index (χ3v) is 3.41. The van der Waals surface area contributed by atoms with Crippen molar-refractivity contribution < 1.29 is 14.3 Å². The minimum atomic E-state index is -0.984. The van der Waals surface area contributed by atoms with Gasteiger partial charge in [-0.15, -0.1) is 0 Å². The highest BCUT2D eigenvalue weighted by Crippen LogP contribution is 2.20. The van der Waals surface area contributed by atoms with Gasteiger partial charge >= 0.3 is 5.97 Å². The monoisotopic (exact) mass is 296 g/mol. The zero-order valence-corrected chi connectivity index (χ0v) is 11.8. The van der Waals surface area contributed by atoms with Crippen LogP contribution in [0.4, 0.5) is 4.39 Å². The van der Waals surface area contributed by atoms with E-state index >= 15 is 0 Å². The van der Waals surface area contributed by atoms with Crippen molar-refractivity contribution in [2.24, 2.45) is 0 Å². The molecule has 0 aliphatic heterocycles. The topological polar surface area (TPSA) is 55.1 Å². The molecule has 0 saturated carbocycles. The molecular weight excluding hydrogens is 283 g/mol. The number of benzene rings is 2. The van der Waals surface area contributed by atoms with Gasteiger partial charge in [-0.05, 0) is 42.8 Å². The molecule has 3 rings (SSSR count). The first-order chi connectivity index (χ1) is 10.5. The molecule has 22 heavy (non-hydrogen) atoms. The lowest BCUT2D eigenvalue weighted by atomic mass is 10.1. The lowest BCUT2D eigenvalue weighted by Gasteiger charge is -2.03. The van der Waals surface area contributed by atoms with Crippen LogP contribution in [0.2, 0.25) is 0 Å². The van der Waals surface area contributed by atoms with E-state index in [9.17, 15) is 9.18 Å². The van der Waals surface area contributed by atoms with Crippen molar-refractivity contribution >= 4 is 5.97 Å². The number of hydrogen-bond donors (Lipinski definition) is 1. The van der Waals surface area contributed by atoms with Crippen LogP contribution in [0.3, 0.4) is 0 Å². The lowest BCUT2D eigenvalue weighted by Crippen LogP contribution is -1.98. The van der Waals surface area contributed by atoms with Gasteiger partial charge in [0.15, 0.2) is 0 Å². The zero-order chi connectivity index (χ0) is 15.7. The van der Waals surface area contributed by atoms with E-state index in [1.165, 1.54) is 12.1 Å². The molecule has 0 radical (unpaired) electrons. The summed E-state index contributed by atoms with van der Waals surface area (Å²) in [5.41, 5.74) is 2.72. The summed E-state index contributed by atoms with van der Waals surface area (Å²) in [6.07, 6.45) is 1.72. The number of hydrogen-bond acceptors (Lipinski definition) is 2. The van der Waals surface area contributed by atoms with Gasteiger partial charge in [0.2, 0.25) is 0 Å². The molecule has 2 aromatic carbocycles. The largest absolute Gasteiger partial charge is 0.478 e. The van der Waals surface area contributed by atoms with Gasteiger partial charge in [-0.2, -0.15) is 5.10 Å². The van der Waals surface area contributed by atoms with Gasteiger partial charge in [0.25, 0.3) is 0 Å². The number of carboxylic acids is 1. The van der Waals surface area contributed by atoms with Crippen molar-refractivity contribution in [3.63, 3.8) is 0 Å². The Morgan fingerprint density at radius 3 is 2.73 bits per heavy atom. The summed E-state index contributed by atoms with van der Waals surface area (Å²) in [4.78, 5) is 11.0. The smallest absolute Gasteiger partial charge is 0.335 e. The Kier molecular flexibility index (Phi) is 3.47. The number of carboxylic acid groups (broad SMARTS) is 1. The molecule has 1 aromatic heterocycles. The fourth-order valence-corrected chi connectivity index (χ4v) is 2.16. The molecular formula is C17H13FN2O2. The van der Waals surface area contributed by atoms with Gasteiger partial charge in [0.05, 0.1) is 16.9 Å². The predicted octanol–water partition coefficient (Wildman–Crippen LogP) is 3.69. The minimum Gasteiger partial charge on any atom is -0.478 e. The Morgan fingerprint density at radius 1 is 1.18 bits per heavy atom. The molecule has 0 spiro atoms. The summed E-state index contributed by atoms with van der Waals surface area (Å²) in [6, 6.07) is 13.2. The van der Waals surface area contributed by atoms with Crippen molar-refractivity contribution in [3.05, 3.63) is 71.7 Å². The number of aromatic carboxylic acids is 1. The SMILES string of the molecule is Cc1ccc(-n2ccc(-c3cccc(C(=O)O)c3)n2)cc1F. The summed E-state index contributed by atoms with van der Waals surface area (Å²) >= 11 is 0. The van der Waals surface area contributed by atoms with Crippen LogP contribution < -0.4 is 0 Å². The van der Waals surface area contributed by atoms with E-state index in [2.05, 4.69) is 5.10 Å². The van der Waals surface area contributed by atoms with Crippen molar-refractivity contribution in [1.29, 1.82) is 0 Å². The van der Waals surface area contributed by atoms with Gasteiger partial charge in [0, 0.05) is 11.8 Å². The van der Waals surface area contributed by atoms with E-state index in [1.807, 2.05) is 0 Å². The molecule has 1 N–H and O–H groups in total. The maximum atomic E-state index is 13.6. The average Bonchev–Trinajstić information content (AvgIpc) is 3.00. The molecule has 0 aliphatic rings. The summed E-state index contributed by atoms with van der Waals surface area (Å²) in [5.74, 6) is -1.27. The molecule has 1 heterocycles. The third kappa shape index (κ3) is 2.61. The molecule has 3 aromatic rings. The van der Waals surface area contributed by atoms with Crippen molar-refractivity contribution in [3.8, 4) is 16.9 Å². The molecule has 0 aliphatic carbocycles. The number of aryl methyl sites for hydroxylation is 1. The molecule has 0 unspecified atom stereocenters. The van der Waals surface area contributed by atoms with Crippen molar-refractivity contribution in [2.75, 3.05) is 0 Å². The van der Waals surface area contributed by atoms with Gasteiger partial charge in [-0.25, -0.2) is 13.9 Å². The highest BCUT2D eigenvalue weighted by Gasteiger charge is 2.08. The maximum absolute atomic E-state index is 13.6. The molecule has 0 fully saturated rings. The normalized spacial score (nSPS) is 10.6. The molecule has 0 saturated heterocycles. The van der Waals surface area contributed by atoms with E-state index in [1.54, 1.807) is 54.2 Å². The summed E-state index contributed by atoms with van der Waals surface area (Å²) in [5, 5.41) is 13.4. The Hall–Kier alpha value is -2.95. The minimum absolute atomic E-state index is 0.202. The average molecular weight is 296 g/mol. The van der Waals surface area contributed by atoms with Crippen molar-refractivity contribution in [2.45, 2.75) is 6.92 Å². The number of nitrogens with zero attached hydrogens (tertiary/aromatic N) is 2. The number of halogens is 1. The summed E-state index contributed by atoms with van der Waals surface area (Å²) in [7, 11) is 0. The fourth-order valence-electron chi connectivity index (χ4n) is 2.16. The standard InChI is InChI=1S/C17H13FN2O2/c1-11-5-6-14(10-15(11)18)20-8-7-16(19-20)12-3-2-4-13(9-12)17(21)22/h2-10H,1H3,(H,21,22). The van der Waals surface area contributed by atoms with E-state index in [4.69, 9.17) is 5.11 Å². The molecule has 5 heteroatoms. The van der Waals surface area contributed by atoms with E-state index in [-0.39, 0.29) is 11.4 Å². The van der Waals surface area contributed by atoms with E-state index in [0.717, 1.165) is 0 Å². The van der Waals surface area contributed by atoms with Crippen LogP contribution in [-0.2, 0) is 0 Å². The Bertz CT molecular complexity index is 855. The zero-order valence-electron chi connectivity index (χ0n) is 11.8. The second kappa shape index (κ2) is 5.44. The maximum Gasteiger partial charge on any atom is 0.335 e. The first kappa shape index (κ1) is 14.0. The highest BCUT2D eigenvalue weighted by molar-refractivity contribution is 5.89. The first-order valence-corrected chi connectivity index (χ1v) is 6.70. The predicted molar refractivity (Wildman–Crippen MR) is 80.7 cm³/mol. The van der Waals surface area contributed by atoms with E-state index < -0.39 is 5.97 Å².